The first-order valence-corrected chi connectivity index (χ1v) is 5.44. The molecule has 0 radical (unpaired) electrons. The van der Waals surface area contributed by atoms with Crippen LogP contribution in [0, 0.1) is 5.82 Å². The lowest BCUT2D eigenvalue weighted by Gasteiger charge is -2.05. The Labute approximate surface area is 98.6 Å². The Kier molecular flexibility index (Phi) is 2.18. The molecule has 1 aliphatic heterocycles. The molecule has 3 rings (SSSR count). The summed E-state index contributed by atoms with van der Waals surface area (Å²) in [4.78, 5) is 4.45. The lowest BCUT2D eigenvalue weighted by Crippen LogP contribution is -2.03. The van der Waals surface area contributed by atoms with E-state index in [0.717, 1.165) is 22.4 Å². The van der Waals surface area contributed by atoms with Crippen molar-refractivity contribution in [3.05, 3.63) is 65.0 Å². The molecule has 0 aromatic heterocycles. The van der Waals surface area contributed by atoms with Crippen molar-refractivity contribution in [1.82, 2.24) is 0 Å². The molecule has 2 N–H and O–H groups in total. The fourth-order valence-corrected chi connectivity index (χ4v) is 2.07. The molecule has 2 nitrogen and oxygen atoms in total. The molecule has 0 saturated carbocycles. The van der Waals surface area contributed by atoms with Gasteiger partial charge in [0.15, 0.2) is 0 Å². The normalized spacial score (nSPS) is 13.4. The molecule has 2 aromatic carbocycles. The molecular weight excluding hydrogens is 215 g/mol. The van der Waals surface area contributed by atoms with Gasteiger partial charge in [0.2, 0.25) is 0 Å². The average molecular weight is 226 g/mol. The van der Waals surface area contributed by atoms with Crippen LogP contribution in [0.5, 0.6) is 0 Å². The van der Waals surface area contributed by atoms with Gasteiger partial charge in [-0.2, -0.15) is 0 Å². The molecule has 1 aliphatic rings. The Bertz CT molecular complexity index is 603. The number of hydrogen-bond acceptors (Lipinski definition) is 2. The molecule has 0 spiro atoms. The van der Waals surface area contributed by atoms with Crippen LogP contribution in [-0.4, -0.2) is 5.71 Å². The van der Waals surface area contributed by atoms with Crippen molar-refractivity contribution in [3.8, 4) is 0 Å². The lowest BCUT2D eigenvalue weighted by molar-refractivity contribution is 0.630. The molecule has 1 heterocycles. The van der Waals surface area contributed by atoms with Crippen LogP contribution < -0.4 is 5.73 Å². The summed E-state index contributed by atoms with van der Waals surface area (Å²) in [5.74, 6) is -0.367. The Morgan fingerprint density at radius 3 is 2.65 bits per heavy atom. The number of nitrogen functional groups attached to an aromatic ring is 1. The zero-order valence-electron chi connectivity index (χ0n) is 9.15. The summed E-state index contributed by atoms with van der Waals surface area (Å²) in [5, 5.41) is 0. The second-order valence-corrected chi connectivity index (χ2v) is 4.06. The van der Waals surface area contributed by atoms with Gasteiger partial charge in [-0.1, -0.05) is 30.3 Å². The predicted octanol–water partition coefficient (Wildman–Crippen LogP) is 2.76. The Morgan fingerprint density at radius 1 is 1.12 bits per heavy atom. The second kappa shape index (κ2) is 3.70. The number of anilines is 1. The van der Waals surface area contributed by atoms with Gasteiger partial charge in [0.25, 0.3) is 0 Å². The number of rotatable bonds is 1. The summed E-state index contributed by atoms with van der Waals surface area (Å²) < 4.78 is 13.3. The summed E-state index contributed by atoms with van der Waals surface area (Å²) >= 11 is 0. The third-order valence-corrected chi connectivity index (χ3v) is 2.93. The number of aliphatic imine (C=N–C) groups is 1. The average Bonchev–Trinajstić information content (AvgIpc) is 2.74. The Morgan fingerprint density at radius 2 is 1.88 bits per heavy atom. The topological polar surface area (TPSA) is 38.4 Å². The van der Waals surface area contributed by atoms with Crippen LogP contribution in [0.3, 0.4) is 0 Å². The first kappa shape index (κ1) is 10.0. The van der Waals surface area contributed by atoms with Gasteiger partial charge in [0.05, 0.1) is 17.9 Å². The number of nitrogens with two attached hydrogens (primary N) is 1. The number of hydrogen-bond donors (Lipinski definition) is 1. The molecule has 84 valence electrons. The summed E-state index contributed by atoms with van der Waals surface area (Å²) in [6, 6.07) is 13.0. The molecule has 0 amide bonds. The molecule has 0 aliphatic carbocycles. The molecule has 17 heavy (non-hydrogen) atoms. The van der Waals surface area contributed by atoms with Crippen molar-refractivity contribution in [2.45, 2.75) is 6.54 Å². The van der Waals surface area contributed by atoms with Gasteiger partial charge in [-0.3, -0.25) is 4.99 Å². The first-order chi connectivity index (χ1) is 8.25. The summed E-state index contributed by atoms with van der Waals surface area (Å²) in [6.07, 6.45) is 0. The molecular formula is C14H11FN2. The third-order valence-electron chi connectivity index (χ3n) is 2.93. The van der Waals surface area contributed by atoms with Crippen LogP contribution in [-0.2, 0) is 6.54 Å². The second-order valence-electron chi connectivity index (χ2n) is 4.06. The monoisotopic (exact) mass is 226 g/mol. The maximum absolute atomic E-state index is 13.3. The van der Waals surface area contributed by atoms with E-state index in [4.69, 9.17) is 5.73 Å². The summed E-state index contributed by atoms with van der Waals surface area (Å²) in [7, 11) is 0. The third kappa shape index (κ3) is 1.60. The van der Waals surface area contributed by atoms with Gasteiger partial charge in [0, 0.05) is 11.1 Å². The van der Waals surface area contributed by atoms with Crippen molar-refractivity contribution in [3.63, 3.8) is 0 Å². The SMILES string of the molecule is Nc1cc2c(cc1F)CN=C2c1ccccc1. The van der Waals surface area contributed by atoms with Crippen molar-refractivity contribution in [2.75, 3.05) is 5.73 Å². The van der Waals surface area contributed by atoms with E-state index in [0.29, 0.717) is 6.54 Å². The highest BCUT2D eigenvalue weighted by Gasteiger charge is 2.19. The van der Waals surface area contributed by atoms with E-state index in [2.05, 4.69) is 4.99 Å². The van der Waals surface area contributed by atoms with Crippen LogP contribution in [0.25, 0.3) is 0 Å². The van der Waals surface area contributed by atoms with Gasteiger partial charge in [-0.25, -0.2) is 4.39 Å². The number of halogens is 1. The Hall–Kier alpha value is -2.16. The highest BCUT2D eigenvalue weighted by atomic mass is 19.1. The summed E-state index contributed by atoms with van der Waals surface area (Å²) in [6.45, 7) is 0.525. The molecule has 0 bridgehead atoms. The van der Waals surface area contributed by atoms with Crippen molar-refractivity contribution in [1.29, 1.82) is 0 Å². The van der Waals surface area contributed by atoms with E-state index in [-0.39, 0.29) is 11.5 Å². The van der Waals surface area contributed by atoms with E-state index in [1.807, 2.05) is 30.3 Å². The minimum absolute atomic E-state index is 0.175. The van der Waals surface area contributed by atoms with Crippen LogP contribution in [0.1, 0.15) is 16.7 Å². The van der Waals surface area contributed by atoms with Crippen LogP contribution in [0.4, 0.5) is 10.1 Å². The molecule has 0 unspecified atom stereocenters. The minimum atomic E-state index is -0.367. The standard InChI is InChI=1S/C14H11FN2/c15-12-6-10-8-17-14(11(10)7-13(12)16)9-4-2-1-3-5-9/h1-7H,8,16H2. The molecule has 3 heteroatoms. The maximum Gasteiger partial charge on any atom is 0.146 e. The van der Waals surface area contributed by atoms with Crippen molar-refractivity contribution >= 4 is 11.4 Å². The predicted molar refractivity (Wildman–Crippen MR) is 66.6 cm³/mol. The number of fused-ring (bicyclic) bond motifs is 1. The van der Waals surface area contributed by atoms with E-state index < -0.39 is 0 Å². The minimum Gasteiger partial charge on any atom is -0.396 e. The lowest BCUT2D eigenvalue weighted by atomic mass is 9.99. The maximum atomic E-state index is 13.3. The highest BCUT2D eigenvalue weighted by molar-refractivity contribution is 6.15. The number of benzene rings is 2. The van der Waals surface area contributed by atoms with Crippen molar-refractivity contribution < 1.29 is 4.39 Å². The van der Waals surface area contributed by atoms with Gasteiger partial charge < -0.3 is 5.73 Å². The van der Waals surface area contributed by atoms with Gasteiger partial charge >= 0.3 is 0 Å². The van der Waals surface area contributed by atoms with Crippen molar-refractivity contribution in [2.24, 2.45) is 4.99 Å². The van der Waals surface area contributed by atoms with Gasteiger partial charge in [0.1, 0.15) is 5.82 Å². The highest BCUT2D eigenvalue weighted by Crippen LogP contribution is 2.26. The van der Waals surface area contributed by atoms with E-state index in [9.17, 15) is 4.39 Å². The molecule has 0 saturated heterocycles. The Balaban J connectivity index is 2.12. The largest absolute Gasteiger partial charge is 0.396 e. The number of nitrogens with zero attached hydrogens (tertiary/aromatic N) is 1. The van der Waals surface area contributed by atoms with Crippen LogP contribution >= 0.6 is 0 Å². The van der Waals surface area contributed by atoms with E-state index in [1.54, 1.807) is 6.07 Å². The fourth-order valence-electron chi connectivity index (χ4n) is 2.07. The zero-order valence-corrected chi connectivity index (χ0v) is 9.15. The van der Waals surface area contributed by atoms with E-state index in [1.165, 1.54) is 6.07 Å². The van der Waals surface area contributed by atoms with Gasteiger partial charge in [-0.05, 0) is 17.7 Å². The van der Waals surface area contributed by atoms with E-state index >= 15 is 0 Å². The molecule has 0 atom stereocenters. The summed E-state index contributed by atoms with van der Waals surface area (Å²) in [5.41, 5.74) is 9.55. The molecule has 2 aromatic rings. The van der Waals surface area contributed by atoms with Crippen LogP contribution in [0.15, 0.2) is 47.5 Å². The van der Waals surface area contributed by atoms with Crippen LogP contribution in [0.2, 0.25) is 0 Å². The molecule has 0 fully saturated rings. The quantitative estimate of drug-likeness (QED) is 0.746. The fraction of sp³-hybridized carbons (Fsp3) is 0.0714. The van der Waals surface area contributed by atoms with Gasteiger partial charge in [-0.15, -0.1) is 0 Å². The zero-order chi connectivity index (χ0) is 11.8. The smallest absolute Gasteiger partial charge is 0.146 e. The first-order valence-electron chi connectivity index (χ1n) is 5.44.